The molecule has 0 bridgehead atoms. The highest BCUT2D eigenvalue weighted by Crippen LogP contribution is 2.33. The van der Waals surface area contributed by atoms with Crippen molar-refractivity contribution in [3.05, 3.63) is 73.1 Å². The normalized spacial score (nSPS) is 11.7. The highest BCUT2D eigenvalue weighted by Gasteiger charge is 2.15. The molecule has 3 heterocycles. The molecule has 0 saturated carbocycles. The maximum Gasteiger partial charge on any atom is 0.145 e. The molecule has 0 N–H and O–H groups in total. The van der Waals surface area contributed by atoms with Gasteiger partial charge in [-0.1, -0.05) is 36.4 Å². The summed E-state index contributed by atoms with van der Waals surface area (Å²) in [4.78, 5) is 4.66. The van der Waals surface area contributed by atoms with Gasteiger partial charge in [0.2, 0.25) is 0 Å². The van der Waals surface area contributed by atoms with Crippen LogP contribution in [0, 0.1) is 0 Å². The van der Waals surface area contributed by atoms with Crippen molar-refractivity contribution in [2.24, 2.45) is 7.05 Å². The van der Waals surface area contributed by atoms with Crippen LogP contribution in [0.2, 0.25) is 0 Å². The van der Waals surface area contributed by atoms with Crippen LogP contribution in [0.3, 0.4) is 0 Å². The SMILES string of the molecule is Cn1cc(-n2c3ccccc3c3cccnc32)c2ccccc21. The van der Waals surface area contributed by atoms with Crippen molar-refractivity contribution in [2.45, 2.75) is 0 Å². The van der Waals surface area contributed by atoms with E-state index in [0.29, 0.717) is 0 Å². The van der Waals surface area contributed by atoms with E-state index in [1.54, 1.807) is 0 Å². The van der Waals surface area contributed by atoms with Crippen molar-refractivity contribution in [3.63, 3.8) is 0 Å². The molecule has 0 aliphatic rings. The Morgan fingerprint density at radius 3 is 2.30 bits per heavy atom. The maximum absolute atomic E-state index is 4.66. The van der Waals surface area contributed by atoms with Crippen LogP contribution >= 0.6 is 0 Å². The molecular formula is C20H15N3. The molecule has 2 aromatic carbocycles. The zero-order valence-corrected chi connectivity index (χ0v) is 12.8. The van der Waals surface area contributed by atoms with Crippen LogP contribution in [0.1, 0.15) is 0 Å². The van der Waals surface area contributed by atoms with E-state index in [9.17, 15) is 0 Å². The zero-order valence-electron chi connectivity index (χ0n) is 12.8. The van der Waals surface area contributed by atoms with E-state index in [4.69, 9.17) is 0 Å². The van der Waals surface area contributed by atoms with Gasteiger partial charge < -0.3 is 4.57 Å². The molecule has 23 heavy (non-hydrogen) atoms. The summed E-state index contributed by atoms with van der Waals surface area (Å²) in [6.07, 6.45) is 4.05. The van der Waals surface area contributed by atoms with Crippen LogP contribution in [-0.4, -0.2) is 14.1 Å². The summed E-state index contributed by atoms with van der Waals surface area (Å²) in [5, 5.41) is 3.67. The molecule has 0 spiro atoms. The summed E-state index contributed by atoms with van der Waals surface area (Å²) in [6.45, 7) is 0. The molecular weight excluding hydrogens is 282 g/mol. The summed E-state index contributed by atoms with van der Waals surface area (Å²) in [6, 6.07) is 21.1. The van der Waals surface area contributed by atoms with Crippen LogP contribution in [-0.2, 0) is 7.05 Å². The van der Waals surface area contributed by atoms with Crippen LogP contribution in [0.25, 0.3) is 38.5 Å². The molecule has 0 saturated heterocycles. The summed E-state index contributed by atoms with van der Waals surface area (Å²) in [7, 11) is 2.09. The minimum absolute atomic E-state index is 1.00. The van der Waals surface area contributed by atoms with Gasteiger partial charge >= 0.3 is 0 Å². The Morgan fingerprint density at radius 1 is 0.739 bits per heavy atom. The summed E-state index contributed by atoms with van der Waals surface area (Å²) >= 11 is 0. The van der Waals surface area contributed by atoms with Crippen molar-refractivity contribution in [1.29, 1.82) is 0 Å². The number of para-hydroxylation sites is 2. The van der Waals surface area contributed by atoms with Crippen molar-refractivity contribution in [1.82, 2.24) is 14.1 Å². The lowest BCUT2D eigenvalue weighted by Crippen LogP contribution is -1.94. The molecule has 3 aromatic heterocycles. The maximum atomic E-state index is 4.66. The topological polar surface area (TPSA) is 22.8 Å². The molecule has 3 nitrogen and oxygen atoms in total. The van der Waals surface area contributed by atoms with E-state index < -0.39 is 0 Å². The fourth-order valence-electron chi connectivity index (χ4n) is 3.54. The van der Waals surface area contributed by atoms with Gasteiger partial charge in [0.15, 0.2) is 0 Å². The Bertz CT molecular complexity index is 1120. The number of pyridine rings is 1. The second kappa shape index (κ2) is 4.46. The first-order chi connectivity index (χ1) is 11.3. The predicted octanol–water partition coefficient (Wildman–Crippen LogP) is 4.67. The van der Waals surface area contributed by atoms with E-state index in [0.717, 1.165) is 5.65 Å². The summed E-state index contributed by atoms with van der Waals surface area (Å²) in [5.41, 5.74) is 4.60. The second-order valence-corrected chi connectivity index (χ2v) is 5.87. The first kappa shape index (κ1) is 12.5. The third-order valence-electron chi connectivity index (χ3n) is 4.55. The average molecular weight is 297 g/mol. The standard InChI is InChI=1S/C20H15N3/c1-22-13-19(16-8-3-4-10-17(16)22)23-18-11-5-2-7-14(18)15-9-6-12-21-20(15)23/h2-13H,1H3. The number of hydrogen-bond acceptors (Lipinski definition) is 1. The Kier molecular flexibility index (Phi) is 2.42. The molecule has 110 valence electrons. The van der Waals surface area contributed by atoms with E-state index in [1.807, 2.05) is 12.3 Å². The van der Waals surface area contributed by atoms with Gasteiger partial charge in [0.1, 0.15) is 5.65 Å². The monoisotopic (exact) mass is 297 g/mol. The van der Waals surface area contributed by atoms with Crippen molar-refractivity contribution in [3.8, 4) is 5.69 Å². The first-order valence-electron chi connectivity index (χ1n) is 7.73. The molecule has 0 unspecified atom stereocenters. The Morgan fingerprint density at radius 2 is 1.43 bits per heavy atom. The molecule has 0 amide bonds. The molecule has 0 aliphatic carbocycles. The van der Waals surface area contributed by atoms with Crippen molar-refractivity contribution in [2.75, 3.05) is 0 Å². The molecule has 0 atom stereocenters. The second-order valence-electron chi connectivity index (χ2n) is 5.87. The zero-order chi connectivity index (χ0) is 15.4. The number of aryl methyl sites for hydroxylation is 1. The number of hydrogen-bond donors (Lipinski definition) is 0. The third-order valence-corrected chi connectivity index (χ3v) is 4.55. The van der Waals surface area contributed by atoms with Gasteiger partial charge in [-0.25, -0.2) is 4.98 Å². The van der Waals surface area contributed by atoms with E-state index in [-0.39, 0.29) is 0 Å². The van der Waals surface area contributed by atoms with Gasteiger partial charge in [-0.2, -0.15) is 0 Å². The third kappa shape index (κ3) is 1.62. The summed E-state index contributed by atoms with van der Waals surface area (Å²) < 4.78 is 4.45. The van der Waals surface area contributed by atoms with Crippen molar-refractivity contribution >= 4 is 32.8 Å². The lowest BCUT2D eigenvalue weighted by Gasteiger charge is -2.05. The number of nitrogens with zero attached hydrogens (tertiary/aromatic N) is 3. The van der Waals surface area contributed by atoms with E-state index in [1.165, 1.54) is 32.9 Å². The number of rotatable bonds is 1. The predicted molar refractivity (Wildman–Crippen MR) is 95.1 cm³/mol. The fourth-order valence-corrected chi connectivity index (χ4v) is 3.54. The van der Waals surface area contributed by atoms with Gasteiger partial charge in [0, 0.05) is 41.1 Å². The molecule has 0 fully saturated rings. The Labute approximate surface area is 133 Å². The van der Waals surface area contributed by atoms with Crippen LogP contribution in [0.15, 0.2) is 73.1 Å². The molecule has 0 radical (unpaired) electrons. The smallest absolute Gasteiger partial charge is 0.145 e. The average Bonchev–Trinajstić information content (AvgIpc) is 3.11. The number of aromatic nitrogens is 3. The largest absolute Gasteiger partial charge is 0.348 e. The van der Waals surface area contributed by atoms with Gasteiger partial charge in [-0.15, -0.1) is 0 Å². The number of benzene rings is 2. The van der Waals surface area contributed by atoms with Gasteiger partial charge in [0.05, 0.1) is 11.2 Å². The van der Waals surface area contributed by atoms with E-state index >= 15 is 0 Å². The van der Waals surface area contributed by atoms with Crippen LogP contribution in [0.5, 0.6) is 0 Å². The minimum Gasteiger partial charge on any atom is -0.348 e. The van der Waals surface area contributed by atoms with Crippen molar-refractivity contribution < 1.29 is 0 Å². The quantitative estimate of drug-likeness (QED) is 0.441. The highest BCUT2D eigenvalue weighted by molar-refractivity contribution is 6.09. The van der Waals surface area contributed by atoms with Crippen LogP contribution in [0.4, 0.5) is 0 Å². The lowest BCUT2D eigenvalue weighted by atomic mass is 10.2. The van der Waals surface area contributed by atoms with Gasteiger partial charge in [0.25, 0.3) is 0 Å². The summed E-state index contributed by atoms with van der Waals surface area (Å²) in [5.74, 6) is 0. The first-order valence-corrected chi connectivity index (χ1v) is 7.73. The molecule has 5 aromatic rings. The fraction of sp³-hybridized carbons (Fsp3) is 0.0500. The van der Waals surface area contributed by atoms with Crippen LogP contribution < -0.4 is 0 Å². The lowest BCUT2D eigenvalue weighted by molar-refractivity contribution is 0.959. The van der Waals surface area contributed by atoms with E-state index in [2.05, 4.69) is 82.0 Å². The highest BCUT2D eigenvalue weighted by atomic mass is 15.1. The van der Waals surface area contributed by atoms with Gasteiger partial charge in [-0.3, -0.25) is 4.57 Å². The Hall–Kier alpha value is -3.07. The molecule has 5 rings (SSSR count). The Balaban J connectivity index is 2.02. The minimum atomic E-state index is 1.00. The van der Waals surface area contributed by atoms with Gasteiger partial charge in [-0.05, 0) is 24.3 Å². The molecule has 3 heteroatoms. The number of fused-ring (bicyclic) bond motifs is 4. The molecule has 0 aliphatic heterocycles.